The molecule has 1 aromatic rings. The minimum atomic E-state index is -0.0734. The van der Waals surface area contributed by atoms with Gasteiger partial charge in [-0.25, -0.2) is 0 Å². The number of rotatable bonds is 8. The third-order valence-corrected chi connectivity index (χ3v) is 4.22. The number of hydrogen-bond acceptors (Lipinski definition) is 3. The van der Waals surface area contributed by atoms with E-state index in [0.717, 1.165) is 38.2 Å². The lowest BCUT2D eigenvalue weighted by Crippen LogP contribution is -2.38. The van der Waals surface area contributed by atoms with Crippen molar-refractivity contribution in [3.05, 3.63) is 35.9 Å². The normalized spacial score (nSPS) is 14.7. The summed E-state index contributed by atoms with van der Waals surface area (Å²) in [7, 11) is 1.76. The lowest BCUT2D eigenvalue weighted by atomic mass is 10.1. The molecule has 1 fully saturated rings. The number of hydrogen-bond donors (Lipinski definition) is 2. The van der Waals surface area contributed by atoms with Gasteiger partial charge in [-0.15, -0.1) is 24.0 Å². The van der Waals surface area contributed by atoms with Crippen molar-refractivity contribution >= 4 is 35.9 Å². The van der Waals surface area contributed by atoms with Gasteiger partial charge in [0.05, 0.1) is 0 Å². The van der Waals surface area contributed by atoms with E-state index in [1.165, 1.54) is 18.4 Å². The SMILES string of the molecule is CN=C(NCCCC(=O)OC1CCCC1)NCCc1ccccc1.I. The Bertz CT molecular complexity index is 517. The Balaban J connectivity index is 0.00000312. The number of esters is 1. The van der Waals surface area contributed by atoms with Gasteiger partial charge in [0.25, 0.3) is 0 Å². The zero-order chi connectivity index (χ0) is 17.0. The monoisotopic (exact) mass is 459 g/mol. The first-order chi connectivity index (χ1) is 11.8. The molecular weight excluding hydrogens is 429 g/mol. The molecule has 1 aliphatic carbocycles. The number of guanidine groups is 1. The molecule has 0 radical (unpaired) electrons. The summed E-state index contributed by atoms with van der Waals surface area (Å²) in [6, 6.07) is 10.4. The fraction of sp³-hybridized carbons (Fsp3) is 0.579. The zero-order valence-corrected chi connectivity index (χ0v) is 17.3. The van der Waals surface area contributed by atoms with E-state index in [-0.39, 0.29) is 36.0 Å². The molecule has 1 aromatic carbocycles. The smallest absolute Gasteiger partial charge is 0.306 e. The molecule has 0 bridgehead atoms. The minimum Gasteiger partial charge on any atom is -0.462 e. The number of benzene rings is 1. The Morgan fingerprint density at radius 3 is 2.52 bits per heavy atom. The van der Waals surface area contributed by atoms with Crippen LogP contribution in [0.5, 0.6) is 0 Å². The number of nitrogens with one attached hydrogen (secondary N) is 2. The second-order valence-electron chi connectivity index (χ2n) is 6.16. The van der Waals surface area contributed by atoms with Crippen LogP contribution in [0.1, 0.15) is 44.1 Å². The van der Waals surface area contributed by atoms with Crippen LogP contribution < -0.4 is 10.6 Å². The zero-order valence-electron chi connectivity index (χ0n) is 15.0. The summed E-state index contributed by atoms with van der Waals surface area (Å²) in [5.41, 5.74) is 1.30. The maximum absolute atomic E-state index is 11.7. The molecule has 0 unspecified atom stereocenters. The van der Waals surface area contributed by atoms with Gasteiger partial charge in [0, 0.05) is 26.6 Å². The molecule has 0 amide bonds. The van der Waals surface area contributed by atoms with Crippen molar-refractivity contribution in [1.82, 2.24) is 10.6 Å². The summed E-state index contributed by atoms with van der Waals surface area (Å²) in [6.07, 6.45) is 6.77. The van der Waals surface area contributed by atoms with Crippen molar-refractivity contribution in [2.24, 2.45) is 4.99 Å². The largest absolute Gasteiger partial charge is 0.462 e. The second-order valence-corrected chi connectivity index (χ2v) is 6.16. The molecule has 0 aromatic heterocycles. The molecule has 0 aliphatic heterocycles. The van der Waals surface area contributed by atoms with E-state index < -0.39 is 0 Å². The summed E-state index contributed by atoms with van der Waals surface area (Å²) >= 11 is 0. The summed E-state index contributed by atoms with van der Waals surface area (Å²) < 4.78 is 5.45. The lowest BCUT2D eigenvalue weighted by molar-refractivity contribution is -0.148. The minimum absolute atomic E-state index is 0. The maximum Gasteiger partial charge on any atom is 0.306 e. The van der Waals surface area contributed by atoms with Crippen LogP contribution in [0.4, 0.5) is 0 Å². The highest BCUT2D eigenvalue weighted by atomic mass is 127. The number of carbonyl (C=O) groups is 1. The molecule has 0 atom stereocenters. The van der Waals surface area contributed by atoms with Crippen molar-refractivity contribution in [1.29, 1.82) is 0 Å². The van der Waals surface area contributed by atoms with E-state index in [2.05, 4.69) is 27.8 Å². The average Bonchev–Trinajstić information content (AvgIpc) is 3.11. The first-order valence-corrected chi connectivity index (χ1v) is 8.96. The molecule has 6 heteroatoms. The average molecular weight is 459 g/mol. The molecule has 5 nitrogen and oxygen atoms in total. The fourth-order valence-electron chi connectivity index (χ4n) is 2.88. The van der Waals surface area contributed by atoms with Crippen LogP contribution in [0.25, 0.3) is 0 Å². The highest BCUT2D eigenvalue weighted by Gasteiger charge is 2.18. The Hall–Kier alpha value is -1.31. The van der Waals surface area contributed by atoms with Gasteiger partial charge in [-0.3, -0.25) is 9.79 Å². The quantitative estimate of drug-likeness (QED) is 0.206. The van der Waals surface area contributed by atoms with E-state index in [1.807, 2.05) is 18.2 Å². The Labute approximate surface area is 168 Å². The molecular formula is C19H30IN3O2. The van der Waals surface area contributed by atoms with Gasteiger partial charge in [0.2, 0.25) is 0 Å². The fourth-order valence-corrected chi connectivity index (χ4v) is 2.88. The molecule has 0 heterocycles. The van der Waals surface area contributed by atoms with Crippen LogP contribution in [0.3, 0.4) is 0 Å². The molecule has 2 rings (SSSR count). The van der Waals surface area contributed by atoms with Crippen LogP contribution in [0.2, 0.25) is 0 Å². The second kappa shape index (κ2) is 13.0. The Morgan fingerprint density at radius 2 is 1.84 bits per heavy atom. The van der Waals surface area contributed by atoms with Crippen molar-refractivity contribution < 1.29 is 9.53 Å². The van der Waals surface area contributed by atoms with Crippen molar-refractivity contribution in [3.8, 4) is 0 Å². The van der Waals surface area contributed by atoms with Crippen LogP contribution in [0, 0.1) is 0 Å². The highest BCUT2D eigenvalue weighted by Crippen LogP contribution is 2.21. The van der Waals surface area contributed by atoms with Gasteiger partial charge in [-0.05, 0) is 44.1 Å². The van der Waals surface area contributed by atoms with Crippen LogP contribution in [0.15, 0.2) is 35.3 Å². The number of ether oxygens (including phenoxy) is 1. The third-order valence-electron chi connectivity index (χ3n) is 4.22. The van der Waals surface area contributed by atoms with Crippen LogP contribution >= 0.6 is 24.0 Å². The molecule has 1 aliphatic rings. The van der Waals surface area contributed by atoms with Gasteiger partial charge in [0.1, 0.15) is 6.10 Å². The summed E-state index contributed by atoms with van der Waals surface area (Å²) in [6.45, 7) is 1.54. The first-order valence-electron chi connectivity index (χ1n) is 8.96. The Kier molecular flexibility index (Phi) is 11.3. The Morgan fingerprint density at radius 1 is 1.16 bits per heavy atom. The predicted octanol–water partition coefficient (Wildman–Crippen LogP) is 3.28. The topological polar surface area (TPSA) is 62.7 Å². The van der Waals surface area contributed by atoms with Crippen molar-refractivity contribution in [2.75, 3.05) is 20.1 Å². The number of nitrogens with zero attached hydrogens (tertiary/aromatic N) is 1. The van der Waals surface area contributed by atoms with Gasteiger partial charge >= 0.3 is 5.97 Å². The molecule has 140 valence electrons. The lowest BCUT2D eigenvalue weighted by Gasteiger charge is -2.13. The first kappa shape index (κ1) is 21.7. The van der Waals surface area contributed by atoms with E-state index in [4.69, 9.17) is 4.74 Å². The van der Waals surface area contributed by atoms with Gasteiger partial charge < -0.3 is 15.4 Å². The van der Waals surface area contributed by atoms with Gasteiger partial charge in [0.15, 0.2) is 5.96 Å². The summed E-state index contributed by atoms with van der Waals surface area (Å²) in [5, 5.41) is 6.52. The third kappa shape index (κ3) is 9.09. The predicted molar refractivity (Wildman–Crippen MR) is 113 cm³/mol. The molecule has 1 saturated carbocycles. The number of halogens is 1. The van der Waals surface area contributed by atoms with E-state index in [9.17, 15) is 4.79 Å². The van der Waals surface area contributed by atoms with E-state index in [1.54, 1.807) is 7.05 Å². The van der Waals surface area contributed by atoms with Gasteiger partial charge in [-0.1, -0.05) is 30.3 Å². The molecule has 2 N–H and O–H groups in total. The summed E-state index contributed by atoms with van der Waals surface area (Å²) in [5.74, 6) is 0.700. The molecule has 0 spiro atoms. The highest BCUT2D eigenvalue weighted by molar-refractivity contribution is 14.0. The standard InChI is InChI=1S/C19H29N3O2.HI/c1-20-19(22-15-13-16-8-3-2-4-9-16)21-14-7-12-18(23)24-17-10-5-6-11-17;/h2-4,8-9,17H,5-7,10-15H2,1H3,(H2,20,21,22);1H. The van der Waals surface area contributed by atoms with Crippen molar-refractivity contribution in [2.45, 2.75) is 51.0 Å². The van der Waals surface area contributed by atoms with Crippen LogP contribution in [-0.4, -0.2) is 38.2 Å². The molecule has 0 saturated heterocycles. The van der Waals surface area contributed by atoms with Crippen molar-refractivity contribution in [3.63, 3.8) is 0 Å². The summed E-state index contributed by atoms with van der Waals surface area (Å²) in [4.78, 5) is 15.9. The number of carbonyl (C=O) groups excluding carboxylic acids is 1. The van der Waals surface area contributed by atoms with Gasteiger partial charge in [-0.2, -0.15) is 0 Å². The maximum atomic E-state index is 11.7. The number of aliphatic imine (C=N–C) groups is 1. The molecule has 25 heavy (non-hydrogen) atoms. The van der Waals surface area contributed by atoms with E-state index >= 15 is 0 Å². The van der Waals surface area contributed by atoms with Crippen LogP contribution in [-0.2, 0) is 16.0 Å². The van der Waals surface area contributed by atoms with E-state index in [0.29, 0.717) is 13.0 Å².